The standard InChI is InChI=1S/C20H29N3O6S/c1-3-29-20(25)22-13-11-21(12-14-22)19(24)16-5-4-10-23(15-16)30(26,27)18-8-6-17(28-2)7-9-18/h6-9,16H,3-5,10-15H2,1-2H3/t16-/m0/s1. The van der Waals surface area contributed by atoms with Gasteiger partial charge in [-0.15, -0.1) is 0 Å². The zero-order chi connectivity index (χ0) is 21.7. The van der Waals surface area contributed by atoms with Crippen LogP contribution < -0.4 is 4.74 Å². The van der Waals surface area contributed by atoms with Crippen molar-refractivity contribution in [2.45, 2.75) is 24.7 Å². The van der Waals surface area contributed by atoms with E-state index in [0.717, 1.165) is 0 Å². The summed E-state index contributed by atoms with van der Waals surface area (Å²) in [5.41, 5.74) is 0. The van der Waals surface area contributed by atoms with Crippen LogP contribution in [0.15, 0.2) is 29.2 Å². The molecule has 0 radical (unpaired) electrons. The van der Waals surface area contributed by atoms with E-state index in [9.17, 15) is 18.0 Å². The quantitative estimate of drug-likeness (QED) is 0.688. The van der Waals surface area contributed by atoms with E-state index in [-0.39, 0.29) is 29.4 Å². The van der Waals surface area contributed by atoms with Gasteiger partial charge < -0.3 is 19.3 Å². The van der Waals surface area contributed by atoms with Gasteiger partial charge in [0.15, 0.2) is 0 Å². The Morgan fingerprint density at radius 1 is 1.03 bits per heavy atom. The summed E-state index contributed by atoms with van der Waals surface area (Å²) >= 11 is 0. The molecule has 0 N–H and O–H groups in total. The fourth-order valence-electron chi connectivity index (χ4n) is 3.84. The molecule has 9 nitrogen and oxygen atoms in total. The van der Waals surface area contributed by atoms with E-state index in [0.29, 0.717) is 57.9 Å². The lowest BCUT2D eigenvalue weighted by molar-refractivity contribution is -0.138. The lowest BCUT2D eigenvalue weighted by atomic mass is 9.98. The van der Waals surface area contributed by atoms with E-state index >= 15 is 0 Å². The topological polar surface area (TPSA) is 96.5 Å². The average Bonchev–Trinajstić information content (AvgIpc) is 2.79. The maximum Gasteiger partial charge on any atom is 0.409 e. The number of amides is 2. The molecular weight excluding hydrogens is 410 g/mol. The van der Waals surface area contributed by atoms with E-state index < -0.39 is 10.0 Å². The number of carbonyl (C=O) groups is 2. The fourth-order valence-corrected chi connectivity index (χ4v) is 5.37. The summed E-state index contributed by atoms with van der Waals surface area (Å²) in [4.78, 5) is 28.3. The number of ether oxygens (including phenoxy) is 2. The molecule has 1 atom stereocenters. The van der Waals surface area contributed by atoms with Gasteiger partial charge in [0.25, 0.3) is 0 Å². The first-order chi connectivity index (χ1) is 14.4. The van der Waals surface area contributed by atoms with Crippen molar-refractivity contribution in [1.29, 1.82) is 0 Å². The van der Waals surface area contributed by atoms with Crippen LogP contribution in [0.1, 0.15) is 19.8 Å². The van der Waals surface area contributed by atoms with Gasteiger partial charge in [-0.25, -0.2) is 13.2 Å². The summed E-state index contributed by atoms with van der Waals surface area (Å²) in [6, 6.07) is 6.27. The van der Waals surface area contributed by atoms with Gasteiger partial charge in [0.05, 0.1) is 24.5 Å². The molecule has 1 aromatic carbocycles. The first kappa shape index (κ1) is 22.4. The van der Waals surface area contributed by atoms with Crippen LogP contribution in [0.5, 0.6) is 5.75 Å². The molecule has 0 spiro atoms. The number of rotatable bonds is 5. The summed E-state index contributed by atoms with van der Waals surface area (Å²) in [5.74, 6) is 0.164. The summed E-state index contributed by atoms with van der Waals surface area (Å²) in [6.45, 7) is 4.35. The number of sulfonamides is 1. The molecule has 1 aromatic rings. The van der Waals surface area contributed by atoms with Crippen LogP contribution in [0.2, 0.25) is 0 Å². The highest BCUT2D eigenvalue weighted by molar-refractivity contribution is 7.89. The molecule has 0 bridgehead atoms. The van der Waals surface area contributed by atoms with Crippen LogP contribution in [0.3, 0.4) is 0 Å². The van der Waals surface area contributed by atoms with Crippen LogP contribution in [0, 0.1) is 5.92 Å². The molecule has 2 aliphatic heterocycles. The Kier molecular flexibility index (Phi) is 7.19. The zero-order valence-electron chi connectivity index (χ0n) is 17.5. The van der Waals surface area contributed by atoms with Crippen molar-refractivity contribution >= 4 is 22.0 Å². The second kappa shape index (κ2) is 9.65. The summed E-state index contributed by atoms with van der Waals surface area (Å²) in [5, 5.41) is 0. The molecule has 0 unspecified atom stereocenters. The minimum atomic E-state index is -3.67. The lowest BCUT2D eigenvalue weighted by Gasteiger charge is -2.38. The highest BCUT2D eigenvalue weighted by Gasteiger charge is 2.36. The molecule has 2 heterocycles. The summed E-state index contributed by atoms with van der Waals surface area (Å²) in [7, 11) is -2.15. The molecule has 10 heteroatoms. The van der Waals surface area contributed by atoms with Crippen LogP contribution in [-0.4, -0.2) is 87.5 Å². The number of hydrogen-bond donors (Lipinski definition) is 0. The third-order valence-corrected chi connectivity index (χ3v) is 7.43. The summed E-state index contributed by atoms with van der Waals surface area (Å²) in [6.07, 6.45) is 0.930. The summed E-state index contributed by atoms with van der Waals surface area (Å²) < 4.78 is 37.5. The molecule has 166 valence electrons. The molecule has 2 fully saturated rings. The molecular formula is C20H29N3O6S. The van der Waals surface area contributed by atoms with Gasteiger partial charge in [0.2, 0.25) is 15.9 Å². The minimum absolute atomic E-state index is 0.0480. The van der Waals surface area contributed by atoms with E-state index in [1.165, 1.54) is 23.5 Å². The second-order valence-electron chi connectivity index (χ2n) is 7.39. The van der Waals surface area contributed by atoms with Gasteiger partial charge >= 0.3 is 6.09 Å². The molecule has 2 saturated heterocycles. The van der Waals surface area contributed by atoms with Crippen molar-refractivity contribution < 1.29 is 27.5 Å². The molecule has 0 aromatic heterocycles. The van der Waals surface area contributed by atoms with Crippen molar-refractivity contribution in [2.24, 2.45) is 5.92 Å². The van der Waals surface area contributed by atoms with Gasteiger partial charge in [-0.1, -0.05) is 0 Å². The predicted molar refractivity (Wildman–Crippen MR) is 110 cm³/mol. The molecule has 3 rings (SSSR count). The Morgan fingerprint density at radius 2 is 1.67 bits per heavy atom. The predicted octanol–water partition coefficient (Wildman–Crippen LogP) is 1.40. The Labute approximate surface area is 177 Å². The number of carbonyl (C=O) groups excluding carboxylic acids is 2. The average molecular weight is 440 g/mol. The zero-order valence-corrected chi connectivity index (χ0v) is 18.3. The third kappa shape index (κ3) is 4.86. The third-order valence-electron chi connectivity index (χ3n) is 5.55. The molecule has 0 aliphatic carbocycles. The van der Waals surface area contributed by atoms with E-state index in [4.69, 9.17) is 9.47 Å². The minimum Gasteiger partial charge on any atom is -0.497 e. The maximum atomic E-state index is 13.0. The lowest BCUT2D eigenvalue weighted by Crippen LogP contribution is -2.54. The fraction of sp³-hybridized carbons (Fsp3) is 0.600. The highest BCUT2D eigenvalue weighted by atomic mass is 32.2. The Morgan fingerprint density at radius 3 is 2.27 bits per heavy atom. The second-order valence-corrected chi connectivity index (χ2v) is 9.33. The monoisotopic (exact) mass is 439 g/mol. The Hall–Kier alpha value is -2.33. The van der Waals surface area contributed by atoms with Gasteiger partial charge in [-0.2, -0.15) is 4.31 Å². The Balaban J connectivity index is 1.61. The van der Waals surface area contributed by atoms with Crippen LogP contribution in [-0.2, 0) is 19.6 Å². The number of hydrogen-bond acceptors (Lipinski definition) is 6. The van der Waals surface area contributed by atoms with Gasteiger partial charge in [-0.05, 0) is 44.0 Å². The molecule has 2 amide bonds. The number of methoxy groups -OCH3 is 1. The smallest absolute Gasteiger partial charge is 0.409 e. The van der Waals surface area contributed by atoms with E-state index in [2.05, 4.69) is 0 Å². The van der Waals surface area contributed by atoms with Crippen LogP contribution in [0.25, 0.3) is 0 Å². The van der Waals surface area contributed by atoms with Gasteiger partial charge in [0.1, 0.15) is 5.75 Å². The van der Waals surface area contributed by atoms with E-state index in [1.54, 1.807) is 28.9 Å². The first-order valence-corrected chi connectivity index (χ1v) is 11.7. The first-order valence-electron chi connectivity index (χ1n) is 10.2. The van der Waals surface area contributed by atoms with Gasteiger partial charge in [-0.3, -0.25) is 4.79 Å². The number of benzene rings is 1. The highest BCUT2D eigenvalue weighted by Crippen LogP contribution is 2.26. The largest absolute Gasteiger partial charge is 0.497 e. The van der Waals surface area contributed by atoms with Crippen molar-refractivity contribution in [3.05, 3.63) is 24.3 Å². The van der Waals surface area contributed by atoms with Crippen molar-refractivity contribution in [2.75, 3.05) is 53.0 Å². The number of nitrogens with zero attached hydrogens (tertiary/aromatic N) is 3. The van der Waals surface area contributed by atoms with Crippen molar-refractivity contribution in [1.82, 2.24) is 14.1 Å². The number of piperidine rings is 1. The van der Waals surface area contributed by atoms with Gasteiger partial charge in [0, 0.05) is 39.3 Å². The van der Waals surface area contributed by atoms with Crippen LogP contribution in [0.4, 0.5) is 4.79 Å². The number of piperazine rings is 1. The van der Waals surface area contributed by atoms with Crippen molar-refractivity contribution in [3.63, 3.8) is 0 Å². The Bertz CT molecular complexity index is 850. The van der Waals surface area contributed by atoms with Crippen LogP contribution >= 0.6 is 0 Å². The maximum absolute atomic E-state index is 13.0. The van der Waals surface area contributed by atoms with E-state index in [1.807, 2.05) is 0 Å². The molecule has 0 saturated carbocycles. The SMILES string of the molecule is CCOC(=O)N1CCN(C(=O)[C@H]2CCCN(S(=O)(=O)c3ccc(OC)cc3)C2)CC1. The molecule has 30 heavy (non-hydrogen) atoms. The molecule has 2 aliphatic rings. The van der Waals surface area contributed by atoms with Crippen molar-refractivity contribution in [3.8, 4) is 5.75 Å². The normalized spacial score (nSPS) is 20.7.